The van der Waals surface area contributed by atoms with Gasteiger partial charge in [0.05, 0.1) is 6.42 Å². The minimum atomic E-state index is -0.0871. The SMILES string of the molecule is Cc1cc(C)c2c(CC(=O)Nc3ccc(N4CCCCC4)cc3)noc2c1. The fourth-order valence-electron chi connectivity index (χ4n) is 3.91. The van der Waals surface area contributed by atoms with Crippen LogP contribution in [0.3, 0.4) is 0 Å². The van der Waals surface area contributed by atoms with Crippen LogP contribution in [-0.2, 0) is 11.2 Å². The van der Waals surface area contributed by atoms with Crippen LogP contribution in [0.1, 0.15) is 36.1 Å². The zero-order valence-corrected chi connectivity index (χ0v) is 15.9. The summed E-state index contributed by atoms with van der Waals surface area (Å²) in [5.41, 5.74) is 5.66. The van der Waals surface area contributed by atoms with Gasteiger partial charge in [-0.15, -0.1) is 0 Å². The fraction of sp³-hybridized carbons (Fsp3) is 0.364. The molecule has 1 amide bonds. The Labute approximate surface area is 159 Å². The van der Waals surface area contributed by atoms with Crippen molar-refractivity contribution >= 4 is 28.3 Å². The van der Waals surface area contributed by atoms with Gasteiger partial charge in [0.1, 0.15) is 5.69 Å². The van der Waals surface area contributed by atoms with E-state index in [1.54, 1.807) is 0 Å². The van der Waals surface area contributed by atoms with Crippen molar-refractivity contribution in [2.24, 2.45) is 0 Å². The normalized spacial score (nSPS) is 14.5. The lowest BCUT2D eigenvalue weighted by Crippen LogP contribution is -2.29. The molecule has 0 saturated carbocycles. The number of nitrogens with one attached hydrogen (secondary N) is 1. The molecule has 2 heterocycles. The maximum absolute atomic E-state index is 12.5. The molecule has 1 aliphatic rings. The number of carbonyl (C=O) groups excluding carboxylic acids is 1. The third-order valence-corrected chi connectivity index (χ3v) is 5.19. The molecule has 1 saturated heterocycles. The summed E-state index contributed by atoms with van der Waals surface area (Å²) in [6, 6.07) is 12.1. The van der Waals surface area contributed by atoms with Crippen molar-refractivity contribution in [1.29, 1.82) is 0 Å². The molecule has 0 atom stereocenters. The monoisotopic (exact) mass is 363 g/mol. The van der Waals surface area contributed by atoms with Gasteiger partial charge in [-0.05, 0) is 74.6 Å². The summed E-state index contributed by atoms with van der Waals surface area (Å²) < 4.78 is 5.41. The molecule has 4 rings (SSSR count). The molecule has 27 heavy (non-hydrogen) atoms. The maximum Gasteiger partial charge on any atom is 0.230 e. The lowest BCUT2D eigenvalue weighted by atomic mass is 10.0. The number of nitrogens with zero attached hydrogens (tertiary/aromatic N) is 2. The molecule has 0 unspecified atom stereocenters. The highest BCUT2D eigenvalue weighted by Crippen LogP contribution is 2.25. The molecule has 1 fully saturated rings. The topological polar surface area (TPSA) is 58.4 Å². The van der Waals surface area contributed by atoms with E-state index in [4.69, 9.17) is 4.52 Å². The Kier molecular flexibility index (Phi) is 4.84. The molecular formula is C22H25N3O2. The van der Waals surface area contributed by atoms with E-state index >= 15 is 0 Å². The van der Waals surface area contributed by atoms with Crippen molar-refractivity contribution in [2.45, 2.75) is 39.5 Å². The molecular weight excluding hydrogens is 338 g/mol. The van der Waals surface area contributed by atoms with E-state index in [1.807, 2.05) is 32.0 Å². The summed E-state index contributed by atoms with van der Waals surface area (Å²) in [6.07, 6.45) is 4.03. The summed E-state index contributed by atoms with van der Waals surface area (Å²) in [7, 11) is 0. The number of benzene rings is 2. The third-order valence-electron chi connectivity index (χ3n) is 5.19. The van der Waals surface area contributed by atoms with Gasteiger partial charge < -0.3 is 14.7 Å². The van der Waals surface area contributed by atoms with Crippen LogP contribution < -0.4 is 10.2 Å². The van der Waals surface area contributed by atoms with E-state index in [9.17, 15) is 4.79 Å². The van der Waals surface area contributed by atoms with E-state index in [0.717, 1.165) is 40.9 Å². The Balaban J connectivity index is 1.44. The molecule has 5 heteroatoms. The van der Waals surface area contributed by atoms with Crippen molar-refractivity contribution in [1.82, 2.24) is 5.16 Å². The minimum Gasteiger partial charge on any atom is -0.372 e. The Morgan fingerprint density at radius 3 is 2.59 bits per heavy atom. The van der Waals surface area contributed by atoms with Gasteiger partial charge >= 0.3 is 0 Å². The van der Waals surface area contributed by atoms with E-state index in [0.29, 0.717) is 5.69 Å². The summed E-state index contributed by atoms with van der Waals surface area (Å²) in [6.45, 7) is 6.27. The molecule has 5 nitrogen and oxygen atoms in total. The van der Waals surface area contributed by atoms with E-state index in [1.165, 1.54) is 24.9 Å². The second kappa shape index (κ2) is 7.43. The number of amides is 1. The molecule has 0 radical (unpaired) electrons. The average Bonchev–Trinajstić information content (AvgIpc) is 3.05. The fourth-order valence-corrected chi connectivity index (χ4v) is 3.91. The number of rotatable bonds is 4. The number of hydrogen-bond acceptors (Lipinski definition) is 4. The van der Waals surface area contributed by atoms with Crippen LogP contribution in [0.25, 0.3) is 11.0 Å². The van der Waals surface area contributed by atoms with Gasteiger partial charge in [-0.25, -0.2) is 0 Å². The van der Waals surface area contributed by atoms with Gasteiger partial charge in [0.2, 0.25) is 5.91 Å². The maximum atomic E-state index is 12.5. The molecule has 0 spiro atoms. The number of fused-ring (bicyclic) bond motifs is 1. The number of piperidine rings is 1. The number of carbonyl (C=O) groups is 1. The van der Waals surface area contributed by atoms with Crippen LogP contribution in [0.2, 0.25) is 0 Å². The molecule has 0 aliphatic carbocycles. The number of anilines is 2. The summed E-state index contributed by atoms with van der Waals surface area (Å²) in [4.78, 5) is 14.9. The van der Waals surface area contributed by atoms with E-state index in [2.05, 4.69) is 33.6 Å². The largest absolute Gasteiger partial charge is 0.372 e. The molecule has 2 aromatic carbocycles. The van der Waals surface area contributed by atoms with Crippen LogP contribution in [0.5, 0.6) is 0 Å². The van der Waals surface area contributed by atoms with Crippen molar-refractivity contribution in [3.8, 4) is 0 Å². The van der Waals surface area contributed by atoms with Gasteiger partial charge in [0.25, 0.3) is 0 Å². The Bertz CT molecular complexity index is 954. The van der Waals surface area contributed by atoms with Crippen molar-refractivity contribution < 1.29 is 9.32 Å². The van der Waals surface area contributed by atoms with Crippen LogP contribution >= 0.6 is 0 Å². The highest BCUT2D eigenvalue weighted by atomic mass is 16.5. The first-order valence-corrected chi connectivity index (χ1v) is 9.60. The van der Waals surface area contributed by atoms with Gasteiger partial charge in [0.15, 0.2) is 5.58 Å². The second-order valence-electron chi connectivity index (χ2n) is 7.40. The first kappa shape index (κ1) is 17.6. The van der Waals surface area contributed by atoms with Gasteiger partial charge in [-0.3, -0.25) is 4.79 Å². The highest BCUT2D eigenvalue weighted by Gasteiger charge is 2.15. The second-order valence-corrected chi connectivity index (χ2v) is 7.40. The van der Waals surface area contributed by atoms with E-state index < -0.39 is 0 Å². The summed E-state index contributed by atoms with van der Waals surface area (Å²) >= 11 is 0. The summed E-state index contributed by atoms with van der Waals surface area (Å²) in [5.74, 6) is -0.0871. The van der Waals surface area contributed by atoms with Crippen LogP contribution in [0.4, 0.5) is 11.4 Å². The Hall–Kier alpha value is -2.82. The van der Waals surface area contributed by atoms with Gasteiger partial charge in [-0.1, -0.05) is 11.2 Å². The molecule has 1 N–H and O–H groups in total. The van der Waals surface area contributed by atoms with Crippen molar-refractivity contribution in [2.75, 3.05) is 23.3 Å². The number of hydrogen-bond donors (Lipinski definition) is 1. The number of aryl methyl sites for hydroxylation is 2. The van der Waals surface area contributed by atoms with Crippen molar-refractivity contribution in [3.63, 3.8) is 0 Å². The van der Waals surface area contributed by atoms with Crippen LogP contribution in [0.15, 0.2) is 40.9 Å². The van der Waals surface area contributed by atoms with Crippen LogP contribution in [-0.4, -0.2) is 24.2 Å². The van der Waals surface area contributed by atoms with Crippen LogP contribution in [0, 0.1) is 13.8 Å². The Morgan fingerprint density at radius 2 is 1.85 bits per heavy atom. The van der Waals surface area contributed by atoms with Gasteiger partial charge in [0, 0.05) is 29.9 Å². The first-order valence-electron chi connectivity index (χ1n) is 9.60. The Morgan fingerprint density at radius 1 is 1.11 bits per heavy atom. The lowest BCUT2D eigenvalue weighted by Gasteiger charge is -2.28. The molecule has 1 aliphatic heterocycles. The lowest BCUT2D eigenvalue weighted by molar-refractivity contribution is -0.115. The molecule has 3 aromatic rings. The van der Waals surface area contributed by atoms with Gasteiger partial charge in [-0.2, -0.15) is 0 Å². The number of aromatic nitrogens is 1. The minimum absolute atomic E-state index is 0.0871. The zero-order chi connectivity index (χ0) is 18.8. The standard InChI is InChI=1S/C22H25N3O2/c1-15-12-16(2)22-19(24-27-20(22)13-15)14-21(26)23-17-6-8-18(9-7-17)25-10-4-3-5-11-25/h6-9,12-13H,3-5,10-11,14H2,1-2H3,(H,23,26). The first-order chi connectivity index (χ1) is 13.1. The predicted molar refractivity (Wildman–Crippen MR) is 108 cm³/mol. The smallest absolute Gasteiger partial charge is 0.230 e. The highest BCUT2D eigenvalue weighted by molar-refractivity contribution is 5.95. The zero-order valence-electron chi connectivity index (χ0n) is 15.9. The average molecular weight is 363 g/mol. The third kappa shape index (κ3) is 3.82. The molecule has 0 bridgehead atoms. The van der Waals surface area contributed by atoms with Crippen molar-refractivity contribution in [3.05, 3.63) is 53.2 Å². The molecule has 1 aromatic heterocycles. The predicted octanol–water partition coefficient (Wildman–Crippen LogP) is 4.62. The summed E-state index contributed by atoms with van der Waals surface area (Å²) in [5, 5.41) is 8.02. The van der Waals surface area contributed by atoms with E-state index in [-0.39, 0.29) is 12.3 Å². The quantitative estimate of drug-likeness (QED) is 0.735. The molecule has 140 valence electrons.